The van der Waals surface area contributed by atoms with Crippen molar-refractivity contribution in [3.63, 3.8) is 0 Å². The van der Waals surface area contributed by atoms with Crippen LogP contribution in [0.3, 0.4) is 0 Å². The zero-order valence-electron chi connectivity index (χ0n) is 12.2. The minimum absolute atomic E-state index is 0.217. The number of rotatable bonds is 1. The summed E-state index contributed by atoms with van der Waals surface area (Å²) in [5.41, 5.74) is 1.24. The van der Waals surface area contributed by atoms with Gasteiger partial charge in [-0.2, -0.15) is 0 Å². The van der Waals surface area contributed by atoms with Crippen LogP contribution in [-0.4, -0.2) is 34.8 Å². The molecule has 1 aromatic heterocycles. The average Bonchev–Trinajstić information content (AvgIpc) is 2.80. The molecule has 0 bridgehead atoms. The van der Waals surface area contributed by atoms with Gasteiger partial charge < -0.3 is 4.79 Å². The molecule has 2 heterocycles. The van der Waals surface area contributed by atoms with Gasteiger partial charge in [0.15, 0.2) is 0 Å². The summed E-state index contributed by atoms with van der Waals surface area (Å²) in [7, 11) is 0. The summed E-state index contributed by atoms with van der Waals surface area (Å²) in [6, 6.07) is 3.31. The van der Waals surface area contributed by atoms with Gasteiger partial charge in [-0.05, 0) is 52.8 Å². The third-order valence-corrected chi connectivity index (χ3v) is 3.31. The molecule has 0 amide bonds. The van der Waals surface area contributed by atoms with E-state index in [0.29, 0.717) is 5.92 Å². The van der Waals surface area contributed by atoms with Crippen molar-refractivity contribution < 1.29 is 9.18 Å². The normalized spacial score (nSPS) is 19.7. The molecule has 19 heavy (non-hydrogen) atoms. The molecule has 0 aliphatic carbocycles. The summed E-state index contributed by atoms with van der Waals surface area (Å²) in [6.07, 6.45) is 3.19. The number of likely N-dealkylation sites (tertiary alicyclic amines) is 1. The Morgan fingerprint density at radius 3 is 2.47 bits per heavy atom. The Bertz CT molecular complexity index is 398. The van der Waals surface area contributed by atoms with E-state index in [-0.39, 0.29) is 11.4 Å². The Labute approximate surface area is 114 Å². The van der Waals surface area contributed by atoms with Crippen LogP contribution in [0.2, 0.25) is 0 Å². The van der Waals surface area contributed by atoms with Crippen molar-refractivity contribution in [1.29, 1.82) is 0 Å². The third-order valence-electron chi connectivity index (χ3n) is 3.31. The number of carbonyl (C=O) groups is 1. The second kappa shape index (κ2) is 6.75. The third kappa shape index (κ3) is 4.71. The van der Waals surface area contributed by atoms with Gasteiger partial charge in [0.05, 0.1) is 6.20 Å². The van der Waals surface area contributed by atoms with E-state index < -0.39 is 0 Å². The van der Waals surface area contributed by atoms with Crippen LogP contribution in [0.5, 0.6) is 0 Å². The van der Waals surface area contributed by atoms with Crippen LogP contribution in [0.25, 0.3) is 0 Å². The Kier molecular flexibility index (Phi) is 5.60. The smallest absolute Gasteiger partial charge is 0.141 e. The predicted octanol–water partition coefficient (Wildman–Crippen LogP) is 3.01. The molecular weight excluding hydrogens is 243 g/mol. The summed E-state index contributed by atoms with van der Waals surface area (Å²) < 4.78 is 12.8. The quantitative estimate of drug-likeness (QED) is 0.733. The highest BCUT2D eigenvalue weighted by Crippen LogP contribution is 2.30. The lowest BCUT2D eigenvalue weighted by atomic mass is 10.0. The molecule has 0 N–H and O–H groups in total. The number of hydrogen-bond acceptors (Lipinski definition) is 3. The number of pyridine rings is 1. The molecule has 106 valence electrons. The minimum atomic E-state index is -0.255. The lowest BCUT2D eigenvalue weighted by molar-refractivity contribution is -0.106. The molecule has 1 aromatic rings. The van der Waals surface area contributed by atoms with Crippen molar-refractivity contribution in [3.05, 3.63) is 29.8 Å². The fourth-order valence-corrected chi connectivity index (χ4v) is 2.24. The Balaban J connectivity index is 0.000000550. The largest absolute Gasteiger partial charge is 0.304 e. The van der Waals surface area contributed by atoms with Crippen molar-refractivity contribution in [2.75, 3.05) is 13.1 Å². The van der Waals surface area contributed by atoms with Gasteiger partial charge in [-0.15, -0.1) is 0 Å². The van der Waals surface area contributed by atoms with Crippen LogP contribution in [0.15, 0.2) is 18.3 Å². The van der Waals surface area contributed by atoms with Crippen LogP contribution < -0.4 is 0 Å². The van der Waals surface area contributed by atoms with Gasteiger partial charge in [-0.1, -0.05) is 0 Å². The Morgan fingerprint density at radius 1 is 1.42 bits per heavy atom. The standard InChI is InChI=1S/C13H19FN2.C2H4O/c1-13(2,3)16-7-6-10(9-16)12-5-4-11(14)8-15-12;1-2-3/h4-5,8,10H,6-7,9H2,1-3H3;2H,1H3. The zero-order valence-corrected chi connectivity index (χ0v) is 12.2. The predicted molar refractivity (Wildman–Crippen MR) is 74.6 cm³/mol. The van der Waals surface area contributed by atoms with Gasteiger partial charge in [-0.25, -0.2) is 4.39 Å². The van der Waals surface area contributed by atoms with E-state index in [1.165, 1.54) is 19.2 Å². The first-order valence-corrected chi connectivity index (χ1v) is 6.64. The van der Waals surface area contributed by atoms with E-state index in [1.54, 1.807) is 0 Å². The number of hydrogen-bond donors (Lipinski definition) is 0. The summed E-state index contributed by atoms with van der Waals surface area (Å²) in [4.78, 5) is 15.4. The number of carbonyl (C=O) groups excluding carboxylic acids is 1. The topological polar surface area (TPSA) is 33.2 Å². The van der Waals surface area contributed by atoms with E-state index in [9.17, 15) is 4.39 Å². The number of halogens is 1. The first kappa shape index (κ1) is 15.8. The fourth-order valence-electron chi connectivity index (χ4n) is 2.24. The summed E-state index contributed by atoms with van der Waals surface area (Å²) in [6.45, 7) is 10.3. The first-order valence-electron chi connectivity index (χ1n) is 6.64. The molecular formula is C15H23FN2O. The van der Waals surface area contributed by atoms with E-state index in [2.05, 4.69) is 30.7 Å². The van der Waals surface area contributed by atoms with Crippen molar-refractivity contribution in [2.45, 2.75) is 45.6 Å². The van der Waals surface area contributed by atoms with Gasteiger partial charge in [0.25, 0.3) is 0 Å². The molecule has 0 saturated carbocycles. The van der Waals surface area contributed by atoms with Crippen molar-refractivity contribution >= 4 is 6.29 Å². The molecule has 1 aliphatic heterocycles. The molecule has 0 spiro atoms. The molecule has 2 rings (SSSR count). The molecule has 0 radical (unpaired) electrons. The van der Waals surface area contributed by atoms with Gasteiger partial charge in [0.1, 0.15) is 12.1 Å². The molecule has 0 aromatic carbocycles. The second-order valence-corrected chi connectivity index (χ2v) is 5.74. The minimum Gasteiger partial charge on any atom is -0.304 e. The van der Waals surface area contributed by atoms with Gasteiger partial charge in [0, 0.05) is 23.7 Å². The maximum Gasteiger partial charge on any atom is 0.141 e. The molecule has 1 aliphatic rings. The van der Waals surface area contributed by atoms with E-state index >= 15 is 0 Å². The summed E-state index contributed by atoms with van der Waals surface area (Å²) >= 11 is 0. The number of aldehydes is 1. The van der Waals surface area contributed by atoms with Crippen molar-refractivity contribution in [2.24, 2.45) is 0 Å². The van der Waals surface area contributed by atoms with Crippen LogP contribution in [0.1, 0.15) is 45.7 Å². The lowest BCUT2D eigenvalue weighted by Gasteiger charge is -2.31. The van der Waals surface area contributed by atoms with Crippen LogP contribution in [0.4, 0.5) is 4.39 Å². The summed E-state index contributed by atoms with van der Waals surface area (Å²) in [5, 5.41) is 0. The summed E-state index contributed by atoms with van der Waals surface area (Å²) in [5.74, 6) is 0.203. The molecule has 1 atom stereocenters. The highest BCUT2D eigenvalue weighted by Gasteiger charge is 2.31. The fraction of sp³-hybridized carbons (Fsp3) is 0.600. The molecule has 1 saturated heterocycles. The van der Waals surface area contributed by atoms with Gasteiger partial charge >= 0.3 is 0 Å². The highest BCUT2D eigenvalue weighted by molar-refractivity contribution is 5.44. The zero-order chi connectivity index (χ0) is 14.5. The molecule has 1 unspecified atom stereocenters. The van der Waals surface area contributed by atoms with Crippen LogP contribution >= 0.6 is 0 Å². The van der Waals surface area contributed by atoms with Crippen molar-refractivity contribution in [3.8, 4) is 0 Å². The maximum absolute atomic E-state index is 12.8. The number of nitrogens with zero attached hydrogens (tertiary/aromatic N) is 2. The second-order valence-electron chi connectivity index (χ2n) is 5.74. The number of aromatic nitrogens is 1. The van der Waals surface area contributed by atoms with E-state index in [0.717, 1.165) is 31.5 Å². The average molecular weight is 266 g/mol. The van der Waals surface area contributed by atoms with Crippen LogP contribution in [-0.2, 0) is 4.79 Å². The molecule has 4 heteroatoms. The monoisotopic (exact) mass is 266 g/mol. The highest BCUT2D eigenvalue weighted by atomic mass is 19.1. The first-order chi connectivity index (χ1) is 8.88. The van der Waals surface area contributed by atoms with Gasteiger partial charge in [0.2, 0.25) is 0 Å². The van der Waals surface area contributed by atoms with Gasteiger partial charge in [-0.3, -0.25) is 9.88 Å². The Hall–Kier alpha value is -1.29. The van der Waals surface area contributed by atoms with E-state index in [1.807, 2.05) is 6.07 Å². The lowest BCUT2D eigenvalue weighted by Crippen LogP contribution is -2.39. The molecule has 3 nitrogen and oxygen atoms in total. The molecule has 1 fully saturated rings. The maximum atomic E-state index is 12.8. The van der Waals surface area contributed by atoms with E-state index in [4.69, 9.17) is 4.79 Å². The van der Waals surface area contributed by atoms with Crippen molar-refractivity contribution in [1.82, 2.24) is 9.88 Å². The SMILES string of the molecule is CC(C)(C)N1CCC(c2ccc(F)cn2)C1.CC=O. The van der Waals surface area contributed by atoms with Crippen LogP contribution in [0, 0.1) is 5.82 Å². The Morgan fingerprint density at radius 2 is 2.05 bits per heavy atom.